The molecule has 6 heteroatoms. The maximum Gasteiger partial charge on any atom is 0.274 e. The lowest BCUT2D eigenvalue weighted by Crippen LogP contribution is -2.19. The van der Waals surface area contributed by atoms with E-state index in [1.165, 1.54) is 16.7 Å². The van der Waals surface area contributed by atoms with Crippen molar-refractivity contribution < 1.29 is 4.92 Å². The molecule has 1 heterocycles. The van der Waals surface area contributed by atoms with Crippen molar-refractivity contribution in [3.63, 3.8) is 0 Å². The zero-order valence-electron chi connectivity index (χ0n) is 9.25. The number of pyridine rings is 1. The van der Waals surface area contributed by atoms with Gasteiger partial charge in [-0.05, 0) is 22.0 Å². The smallest absolute Gasteiger partial charge is 0.274 e. The van der Waals surface area contributed by atoms with Crippen molar-refractivity contribution in [1.29, 1.82) is 0 Å². The van der Waals surface area contributed by atoms with Crippen LogP contribution < -0.4 is 5.56 Å². The molecule has 2 aromatic rings. The second-order valence-corrected chi connectivity index (χ2v) is 4.61. The zero-order valence-corrected chi connectivity index (χ0v) is 10.8. The van der Waals surface area contributed by atoms with Gasteiger partial charge in [0.1, 0.15) is 0 Å². The number of hydrogen-bond acceptors (Lipinski definition) is 3. The van der Waals surface area contributed by atoms with Gasteiger partial charge < -0.3 is 4.57 Å². The van der Waals surface area contributed by atoms with Gasteiger partial charge in [0.15, 0.2) is 0 Å². The van der Waals surface area contributed by atoms with Crippen molar-refractivity contribution in [3.8, 4) is 0 Å². The summed E-state index contributed by atoms with van der Waals surface area (Å²) in [4.78, 5) is 22.1. The van der Waals surface area contributed by atoms with Crippen molar-refractivity contribution in [3.05, 3.63) is 73.1 Å². The summed E-state index contributed by atoms with van der Waals surface area (Å²) in [6, 6.07) is 9.44. The van der Waals surface area contributed by atoms with Crippen LogP contribution in [0.4, 0.5) is 5.69 Å². The molecule has 0 atom stereocenters. The van der Waals surface area contributed by atoms with Gasteiger partial charge in [0, 0.05) is 28.4 Å². The van der Waals surface area contributed by atoms with Gasteiger partial charge in [0.05, 0.1) is 11.5 Å². The molecule has 0 saturated heterocycles. The van der Waals surface area contributed by atoms with Gasteiger partial charge in [-0.3, -0.25) is 14.9 Å². The highest BCUT2D eigenvalue weighted by molar-refractivity contribution is 9.10. The second-order valence-electron chi connectivity index (χ2n) is 3.70. The standard InChI is InChI=1S/C12H9BrN2O3/c13-10-5-6-12(16)14(8-10)7-9-3-1-2-4-11(9)15(17)18/h1-6,8H,7H2. The topological polar surface area (TPSA) is 65.1 Å². The number of nitro groups is 1. The molecule has 0 radical (unpaired) electrons. The highest BCUT2D eigenvalue weighted by atomic mass is 79.9. The number of nitro benzene ring substituents is 1. The van der Waals surface area contributed by atoms with Gasteiger partial charge in [-0.2, -0.15) is 0 Å². The fraction of sp³-hybridized carbons (Fsp3) is 0.0833. The summed E-state index contributed by atoms with van der Waals surface area (Å²) < 4.78 is 2.17. The second kappa shape index (κ2) is 5.14. The quantitative estimate of drug-likeness (QED) is 0.646. The Hall–Kier alpha value is -1.95. The summed E-state index contributed by atoms with van der Waals surface area (Å²) in [6.45, 7) is 0.176. The zero-order chi connectivity index (χ0) is 13.1. The van der Waals surface area contributed by atoms with E-state index in [1.807, 2.05) is 0 Å². The maximum atomic E-state index is 11.6. The Kier molecular flexibility index (Phi) is 3.57. The van der Waals surface area contributed by atoms with Gasteiger partial charge in [0.2, 0.25) is 0 Å². The number of hydrogen-bond donors (Lipinski definition) is 0. The Morgan fingerprint density at radius 3 is 2.67 bits per heavy atom. The molecule has 1 aromatic heterocycles. The van der Waals surface area contributed by atoms with Crippen molar-refractivity contribution >= 4 is 21.6 Å². The highest BCUT2D eigenvalue weighted by Gasteiger charge is 2.12. The van der Waals surface area contributed by atoms with Gasteiger partial charge in [0.25, 0.3) is 11.2 Å². The minimum absolute atomic E-state index is 0.0179. The monoisotopic (exact) mass is 308 g/mol. The SMILES string of the molecule is O=c1ccc(Br)cn1Cc1ccccc1[N+](=O)[O-]. The summed E-state index contributed by atoms with van der Waals surface area (Å²) in [5.41, 5.74) is 0.323. The van der Waals surface area contributed by atoms with E-state index in [-0.39, 0.29) is 17.8 Å². The van der Waals surface area contributed by atoms with Crippen LogP contribution in [0.3, 0.4) is 0 Å². The lowest BCUT2D eigenvalue weighted by molar-refractivity contribution is -0.385. The third-order valence-corrected chi connectivity index (χ3v) is 2.95. The molecule has 5 nitrogen and oxygen atoms in total. The lowest BCUT2D eigenvalue weighted by atomic mass is 10.2. The molecule has 1 aromatic carbocycles. The summed E-state index contributed by atoms with van der Waals surface area (Å²) in [5, 5.41) is 10.9. The summed E-state index contributed by atoms with van der Waals surface area (Å²) in [5.74, 6) is 0. The predicted molar refractivity (Wildman–Crippen MR) is 70.6 cm³/mol. The summed E-state index contributed by atoms with van der Waals surface area (Å²) >= 11 is 3.26. The molecule has 92 valence electrons. The van der Waals surface area contributed by atoms with Crippen molar-refractivity contribution in [2.45, 2.75) is 6.54 Å². The van der Waals surface area contributed by atoms with E-state index in [0.29, 0.717) is 5.56 Å². The van der Waals surface area contributed by atoms with Crippen LogP contribution in [0.5, 0.6) is 0 Å². The Bertz CT molecular complexity index is 652. The predicted octanol–water partition coefficient (Wildman–Crippen LogP) is 2.57. The number of nitrogens with zero attached hydrogens (tertiary/aromatic N) is 2. The van der Waals surface area contributed by atoms with E-state index >= 15 is 0 Å². The first-order chi connectivity index (χ1) is 8.58. The number of benzene rings is 1. The normalized spacial score (nSPS) is 10.3. The van der Waals surface area contributed by atoms with Gasteiger partial charge in [-0.25, -0.2) is 0 Å². The number of halogens is 1. The fourth-order valence-electron chi connectivity index (χ4n) is 1.63. The van der Waals surface area contributed by atoms with E-state index in [2.05, 4.69) is 15.9 Å². The van der Waals surface area contributed by atoms with E-state index in [9.17, 15) is 14.9 Å². The molecule has 0 aliphatic rings. The summed E-state index contributed by atoms with van der Waals surface area (Å²) in [6.07, 6.45) is 1.61. The van der Waals surface area contributed by atoms with Crippen molar-refractivity contribution in [1.82, 2.24) is 4.57 Å². The Morgan fingerprint density at radius 1 is 1.22 bits per heavy atom. The van der Waals surface area contributed by atoms with Gasteiger partial charge in [-0.1, -0.05) is 18.2 Å². The third-order valence-electron chi connectivity index (χ3n) is 2.48. The first kappa shape index (κ1) is 12.5. The highest BCUT2D eigenvalue weighted by Crippen LogP contribution is 2.18. The van der Waals surface area contributed by atoms with Gasteiger partial charge >= 0.3 is 0 Å². The molecule has 0 spiro atoms. The van der Waals surface area contributed by atoms with Crippen LogP contribution in [-0.4, -0.2) is 9.49 Å². The average molecular weight is 309 g/mol. The number of rotatable bonds is 3. The number of para-hydroxylation sites is 1. The summed E-state index contributed by atoms with van der Waals surface area (Å²) in [7, 11) is 0. The molecule has 0 fully saturated rings. The minimum Gasteiger partial charge on any atom is -0.310 e. The lowest BCUT2D eigenvalue weighted by Gasteiger charge is -2.06. The molecule has 0 saturated carbocycles. The third kappa shape index (κ3) is 2.65. The molecule has 0 unspecified atom stereocenters. The van der Waals surface area contributed by atoms with Crippen LogP contribution in [-0.2, 0) is 6.54 Å². The van der Waals surface area contributed by atoms with Crippen LogP contribution in [0.25, 0.3) is 0 Å². The fourth-order valence-corrected chi connectivity index (χ4v) is 2.01. The first-order valence-electron chi connectivity index (χ1n) is 5.16. The maximum absolute atomic E-state index is 11.6. The van der Waals surface area contributed by atoms with E-state index in [4.69, 9.17) is 0 Å². The average Bonchev–Trinajstić information content (AvgIpc) is 2.34. The molecule has 0 N–H and O–H groups in total. The molecule has 2 rings (SSSR count). The molecule has 0 aliphatic heterocycles. The largest absolute Gasteiger partial charge is 0.310 e. The molecule has 18 heavy (non-hydrogen) atoms. The number of aromatic nitrogens is 1. The van der Waals surface area contributed by atoms with E-state index in [1.54, 1.807) is 30.5 Å². The Balaban J connectivity index is 2.43. The van der Waals surface area contributed by atoms with Crippen molar-refractivity contribution in [2.24, 2.45) is 0 Å². The molecular formula is C12H9BrN2O3. The van der Waals surface area contributed by atoms with Crippen LogP contribution >= 0.6 is 15.9 Å². The first-order valence-corrected chi connectivity index (χ1v) is 5.95. The van der Waals surface area contributed by atoms with Crippen LogP contribution in [0.2, 0.25) is 0 Å². The molecule has 0 bridgehead atoms. The Labute approximate surface area is 111 Å². The Morgan fingerprint density at radius 2 is 1.94 bits per heavy atom. The van der Waals surface area contributed by atoms with E-state index < -0.39 is 4.92 Å². The van der Waals surface area contributed by atoms with E-state index in [0.717, 1.165) is 4.47 Å². The minimum atomic E-state index is -0.446. The molecule has 0 amide bonds. The van der Waals surface area contributed by atoms with Crippen molar-refractivity contribution in [2.75, 3.05) is 0 Å². The molecular weight excluding hydrogens is 300 g/mol. The van der Waals surface area contributed by atoms with Crippen LogP contribution in [0, 0.1) is 10.1 Å². The van der Waals surface area contributed by atoms with Crippen LogP contribution in [0.1, 0.15) is 5.56 Å². The molecule has 0 aliphatic carbocycles. The van der Waals surface area contributed by atoms with Gasteiger partial charge in [-0.15, -0.1) is 0 Å². The van der Waals surface area contributed by atoms with Crippen LogP contribution in [0.15, 0.2) is 51.9 Å².